The summed E-state index contributed by atoms with van der Waals surface area (Å²) >= 11 is 7.43. The number of halogens is 2. The Bertz CT molecular complexity index is 428. The second kappa shape index (κ2) is 5.66. The molecular weight excluding hydrogens is 401 g/mol. The fraction of sp³-hybridized carbons (Fsp3) is 0.273. The molecular formula is C11H11BrINOS. The Labute approximate surface area is 121 Å². The third-order valence-corrected chi connectivity index (χ3v) is 4.44. The van der Waals surface area contributed by atoms with Crippen molar-refractivity contribution in [3.8, 4) is 0 Å². The van der Waals surface area contributed by atoms with Gasteiger partial charge in [0.2, 0.25) is 0 Å². The quantitative estimate of drug-likeness (QED) is 0.754. The maximum absolute atomic E-state index is 5.62. The van der Waals surface area contributed by atoms with Gasteiger partial charge in [0.1, 0.15) is 5.76 Å². The van der Waals surface area contributed by atoms with Crippen molar-refractivity contribution in [1.82, 2.24) is 5.32 Å². The molecule has 86 valence electrons. The van der Waals surface area contributed by atoms with Crippen molar-refractivity contribution in [2.45, 2.75) is 13.0 Å². The van der Waals surface area contributed by atoms with E-state index in [0.29, 0.717) is 0 Å². The Morgan fingerprint density at radius 2 is 2.38 bits per heavy atom. The third-order valence-electron chi connectivity index (χ3n) is 2.21. The van der Waals surface area contributed by atoms with Gasteiger partial charge in [-0.1, -0.05) is 6.92 Å². The lowest BCUT2D eigenvalue weighted by molar-refractivity contribution is 0.438. The molecule has 2 heterocycles. The van der Waals surface area contributed by atoms with Gasteiger partial charge in [-0.25, -0.2) is 0 Å². The highest BCUT2D eigenvalue weighted by atomic mass is 127. The molecule has 1 N–H and O–H groups in total. The lowest BCUT2D eigenvalue weighted by atomic mass is 10.1. The maximum Gasteiger partial charge on any atom is 0.169 e. The van der Waals surface area contributed by atoms with Gasteiger partial charge < -0.3 is 9.73 Å². The number of rotatable bonds is 4. The molecule has 0 amide bonds. The van der Waals surface area contributed by atoms with Crippen LogP contribution < -0.4 is 5.32 Å². The maximum atomic E-state index is 5.62. The van der Waals surface area contributed by atoms with Crippen molar-refractivity contribution in [1.29, 1.82) is 0 Å². The van der Waals surface area contributed by atoms with E-state index >= 15 is 0 Å². The first-order chi connectivity index (χ1) is 7.70. The van der Waals surface area contributed by atoms with E-state index in [1.807, 2.05) is 12.1 Å². The van der Waals surface area contributed by atoms with Crippen LogP contribution in [-0.4, -0.2) is 6.54 Å². The van der Waals surface area contributed by atoms with Gasteiger partial charge in [0.05, 0.1) is 8.93 Å². The summed E-state index contributed by atoms with van der Waals surface area (Å²) in [4.78, 5) is 0. The van der Waals surface area contributed by atoms with Crippen LogP contribution in [0.2, 0.25) is 0 Å². The fourth-order valence-corrected chi connectivity index (χ4v) is 3.26. The number of furan rings is 1. The summed E-state index contributed by atoms with van der Waals surface area (Å²) < 4.78 is 7.68. The highest BCUT2D eigenvalue weighted by Crippen LogP contribution is 2.29. The molecule has 2 aromatic rings. The van der Waals surface area contributed by atoms with Crippen molar-refractivity contribution in [3.05, 3.63) is 42.5 Å². The first-order valence-electron chi connectivity index (χ1n) is 4.93. The zero-order valence-corrected chi connectivity index (χ0v) is 13.2. The number of nitrogens with one attached hydrogen (secondary N) is 1. The molecule has 16 heavy (non-hydrogen) atoms. The van der Waals surface area contributed by atoms with Gasteiger partial charge in [-0.2, -0.15) is 0 Å². The Balaban J connectivity index is 2.30. The van der Waals surface area contributed by atoms with Gasteiger partial charge in [-0.3, -0.25) is 0 Å². The first kappa shape index (κ1) is 12.6. The first-order valence-corrected chi connectivity index (χ1v) is 7.68. The van der Waals surface area contributed by atoms with E-state index in [1.54, 1.807) is 11.3 Å². The molecule has 0 bridgehead atoms. The van der Waals surface area contributed by atoms with Crippen molar-refractivity contribution in [3.63, 3.8) is 0 Å². The highest BCUT2D eigenvalue weighted by Gasteiger charge is 2.17. The van der Waals surface area contributed by atoms with E-state index in [0.717, 1.165) is 17.0 Å². The van der Waals surface area contributed by atoms with Gasteiger partial charge >= 0.3 is 0 Å². The molecule has 2 aromatic heterocycles. The van der Waals surface area contributed by atoms with Crippen molar-refractivity contribution >= 4 is 49.9 Å². The van der Waals surface area contributed by atoms with E-state index in [9.17, 15) is 0 Å². The predicted molar refractivity (Wildman–Crippen MR) is 79.0 cm³/mol. The van der Waals surface area contributed by atoms with Gasteiger partial charge in [-0.15, -0.1) is 11.3 Å². The molecule has 1 atom stereocenters. The lowest BCUT2D eigenvalue weighted by Gasteiger charge is -2.13. The van der Waals surface area contributed by atoms with Crippen LogP contribution >= 0.6 is 49.9 Å². The SMILES string of the molecule is CCNC(c1csc(I)c1)c1ccc(Br)o1. The summed E-state index contributed by atoms with van der Waals surface area (Å²) in [5.74, 6) is 0.947. The predicted octanol–water partition coefficient (Wildman–Crippen LogP) is 4.41. The smallest absolute Gasteiger partial charge is 0.169 e. The molecule has 0 spiro atoms. The minimum absolute atomic E-state index is 0.149. The van der Waals surface area contributed by atoms with Crippen LogP contribution in [0.4, 0.5) is 0 Å². The second-order valence-corrected chi connectivity index (χ2v) is 6.90. The zero-order valence-electron chi connectivity index (χ0n) is 8.67. The molecule has 0 aromatic carbocycles. The summed E-state index contributed by atoms with van der Waals surface area (Å²) in [6.07, 6.45) is 0. The topological polar surface area (TPSA) is 25.2 Å². The van der Waals surface area contributed by atoms with E-state index in [4.69, 9.17) is 4.42 Å². The Hall–Kier alpha value is 0.150. The standard InChI is InChI=1S/C11H11BrINOS/c1-2-14-11(7-5-10(13)16-6-7)8-3-4-9(12)15-8/h3-6,11,14H,2H2,1H3. The molecule has 0 aliphatic rings. The molecule has 2 nitrogen and oxygen atoms in total. The summed E-state index contributed by atoms with van der Waals surface area (Å²) in [5, 5.41) is 5.60. The van der Waals surface area contributed by atoms with Crippen LogP contribution in [0.1, 0.15) is 24.3 Å². The van der Waals surface area contributed by atoms with Crippen LogP contribution in [-0.2, 0) is 0 Å². The van der Waals surface area contributed by atoms with E-state index < -0.39 is 0 Å². The number of hydrogen-bond acceptors (Lipinski definition) is 3. The van der Waals surface area contributed by atoms with Gasteiger partial charge in [-0.05, 0) is 74.2 Å². The molecule has 0 aliphatic heterocycles. The Morgan fingerprint density at radius 3 is 2.88 bits per heavy atom. The largest absolute Gasteiger partial charge is 0.452 e. The van der Waals surface area contributed by atoms with Crippen LogP contribution in [0.5, 0.6) is 0 Å². The third kappa shape index (κ3) is 2.88. The van der Waals surface area contributed by atoms with E-state index in [2.05, 4.69) is 62.2 Å². The molecule has 0 radical (unpaired) electrons. The minimum Gasteiger partial charge on any atom is -0.452 e. The zero-order chi connectivity index (χ0) is 11.5. The average Bonchev–Trinajstić information content (AvgIpc) is 2.84. The number of hydrogen-bond donors (Lipinski definition) is 1. The van der Waals surface area contributed by atoms with Crippen LogP contribution in [0, 0.1) is 2.88 Å². The lowest BCUT2D eigenvalue weighted by Crippen LogP contribution is -2.20. The molecule has 0 saturated heterocycles. The molecule has 1 unspecified atom stereocenters. The normalized spacial score (nSPS) is 12.9. The van der Waals surface area contributed by atoms with Gasteiger partial charge in [0.15, 0.2) is 4.67 Å². The van der Waals surface area contributed by atoms with Crippen LogP contribution in [0.3, 0.4) is 0 Å². The molecule has 5 heteroatoms. The van der Waals surface area contributed by atoms with Crippen molar-refractivity contribution in [2.24, 2.45) is 0 Å². The Morgan fingerprint density at radius 1 is 1.56 bits per heavy atom. The number of thiophene rings is 1. The molecule has 0 aliphatic carbocycles. The van der Waals surface area contributed by atoms with Crippen molar-refractivity contribution < 1.29 is 4.42 Å². The van der Waals surface area contributed by atoms with Crippen molar-refractivity contribution in [2.75, 3.05) is 6.54 Å². The van der Waals surface area contributed by atoms with E-state index in [1.165, 1.54) is 8.45 Å². The summed E-state index contributed by atoms with van der Waals surface area (Å²) in [7, 11) is 0. The molecule has 2 rings (SSSR count). The van der Waals surface area contributed by atoms with Gasteiger partial charge in [0.25, 0.3) is 0 Å². The van der Waals surface area contributed by atoms with Crippen LogP contribution in [0.25, 0.3) is 0 Å². The average molecular weight is 412 g/mol. The second-order valence-electron chi connectivity index (χ2n) is 3.32. The highest BCUT2D eigenvalue weighted by molar-refractivity contribution is 14.1. The molecule has 0 saturated carbocycles. The summed E-state index contributed by atoms with van der Waals surface area (Å²) in [6, 6.07) is 6.27. The Kier molecular flexibility index (Phi) is 4.46. The summed E-state index contributed by atoms with van der Waals surface area (Å²) in [5.41, 5.74) is 1.26. The summed E-state index contributed by atoms with van der Waals surface area (Å²) in [6.45, 7) is 3.01. The monoisotopic (exact) mass is 411 g/mol. The fourth-order valence-electron chi connectivity index (χ4n) is 1.55. The van der Waals surface area contributed by atoms with E-state index in [-0.39, 0.29) is 6.04 Å². The van der Waals surface area contributed by atoms with Crippen LogP contribution in [0.15, 0.2) is 32.7 Å². The minimum atomic E-state index is 0.149. The molecule has 0 fully saturated rings. The van der Waals surface area contributed by atoms with Gasteiger partial charge in [0, 0.05) is 0 Å².